The normalized spacial score (nSPS) is 11.2. The molecule has 102 valence electrons. The summed E-state index contributed by atoms with van der Waals surface area (Å²) in [5.41, 5.74) is 4.05. The number of hydrogen-bond acceptors (Lipinski definition) is 3. The van der Waals surface area contributed by atoms with Crippen LogP contribution >= 0.6 is 11.6 Å². The van der Waals surface area contributed by atoms with Crippen LogP contribution in [0.25, 0.3) is 5.65 Å². The largest absolute Gasteiger partial charge is 0.196 e. The third-order valence-electron chi connectivity index (χ3n) is 3.58. The molecule has 0 spiro atoms. The summed E-state index contributed by atoms with van der Waals surface area (Å²) >= 11 is 6.15. The summed E-state index contributed by atoms with van der Waals surface area (Å²) in [5, 5.41) is 13.3. The summed E-state index contributed by atoms with van der Waals surface area (Å²) < 4.78 is 1.76. The van der Waals surface area contributed by atoms with Crippen molar-refractivity contribution in [3.05, 3.63) is 58.0 Å². The van der Waals surface area contributed by atoms with Crippen molar-refractivity contribution in [2.45, 2.75) is 26.7 Å². The van der Waals surface area contributed by atoms with E-state index in [0.29, 0.717) is 5.15 Å². The first-order valence-electron chi connectivity index (χ1n) is 6.57. The molecule has 0 bridgehead atoms. The molecular formula is C15H15ClN4. The van der Waals surface area contributed by atoms with Crippen molar-refractivity contribution in [2.24, 2.45) is 0 Å². The van der Waals surface area contributed by atoms with Crippen molar-refractivity contribution in [2.75, 3.05) is 0 Å². The Hall–Kier alpha value is -1.94. The summed E-state index contributed by atoms with van der Waals surface area (Å²) in [6, 6.07) is 10.3. The summed E-state index contributed by atoms with van der Waals surface area (Å²) in [4.78, 5) is 0. The second-order valence-corrected chi connectivity index (χ2v) is 5.24. The Morgan fingerprint density at radius 2 is 1.75 bits per heavy atom. The Morgan fingerprint density at radius 3 is 2.50 bits per heavy atom. The molecule has 0 unspecified atom stereocenters. The Labute approximate surface area is 122 Å². The van der Waals surface area contributed by atoms with Gasteiger partial charge in [-0.15, -0.1) is 10.2 Å². The number of rotatable bonds is 3. The molecule has 0 atom stereocenters. The van der Waals surface area contributed by atoms with Gasteiger partial charge in [-0.2, -0.15) is 9.61 Å². The molecule has 4 nitrogen and oxygen atoms in total. The maximum absolute atomic E-state index is 6.15. The third kappa shape index (κ3) is 2.27. The van der Waals surface area contributed by atoms with Gasteiger partial charge in [0.1, 0.15) is 0 Å². The molecule has 2 aromatic heterocycles. The highest BCUT2D eigenvalue weighted by Crippen LogP contribution is 2.20. The van der Waals surface area contributed by atoms with Crippen LogP contribution in [0.2, 0.25) is 5.15 Å². The van der Waals surface area contributed by atoms with E-state index in [1.165, 1.54) is 5.56 Å². The van der Waals surface area contributed by atoms with Gasteiger partial charge in [-0.05, 0) is 31.4 Å². The van der Waals surface area contributed by atoms with Crippen molar-refractivity contribution in [1.29, 1.82) is 0 Å². The highest BCUT2D eigenvalue weighted by molar-refractivity contribution is 6.30. The van der Waals surface area contributed by atoms with Gasteiger partial charge in [0.25, 0.3) is 0 Å². The van der Waals surface area contributed by atoms with Gasteiger partial charge in [-0.25, -0.2) is 0 Å². The average molecular weight is 287 g/mol. The van der Waals surface area contributed by atoms with E-state index < -0.39 is 0 Å². The van der Waals surface area contributed by atoms with E-state index in [9.17, 15) is 0 Å². The van der Waals surface area contributed by atoms with Gasteiger partial charge < -0.3 is 0 Å². The molecule has 0 saturated heterocycles. The van der Waals surface area contributed by atoms with Crippen LogP contribution in [0.15, 0.2) is 30.3 Å². The van der Waals surface area contributed by atoms with Gasteiger partial charge in [-0.1, -0.05) is 41.9 Å². The highest BCUT2D eigenvalue weighted by Gasteiger charge is 2.13. The molecule has 0 aliphatic carbocycles. The zero-order valence-electron chi connectivity index (χ0n) is 11.5. The van der Waals surface area contributed by atoms with Gasteiger partial charge in [-0.3, -0.25) is 0 Å². The quantitative estimate of drug-likeness (QED) is 0.743. The van der Waals surface area contributed by atoms with E-state index in [-0.39, 0.29) is 0 Å². The molecule has 3 aromatic rings. The fourth-order valence-corrected chi connectivity index (χ4v) is 2.41. The first kappa shape index (κ1) is 13.1. The number of aromatic nitrogens is 4. The van der Waals surface area contributed by atoms with E-state index in [4.69, 9.17) is 11.6 Å². The molecule has 0 fully saturated rings. The van der Waals surface area contributed by atoms with Crippen LogP contribution in [0.3, 0.4) is 0 Å². The van der Waals surface area contributed by atoms with Crippen LogP contribution in [-0.2, 0) is 12.8 Å². The minimum Gasteiger partial charge on any atom is -0.196 e. The first-order valence-corrected chi connectivity index (χ1v) is 6.95. The Balaban J connectivity index is 1.93. The monoisotopic (exact) mass is 286 g/mol. The number of benzene rings is 1. The van der Waals surface area contributed by atoms with E-state index in [1.54, 1.807) is 4.52 Å². The van der Waals surface area contributed by atoms with Crippen LogP contribution in [0.1, 0.15) is 22.5 Å². The lowest BCUT2D eigenvalue weighted by Crippen LogP contribution is -2.04. The minimum atomic E-state index is 0.510. The van der Waals surface area contributed by atoms with Gasteiger partial charge in [0.2, 0.25) is 0 Å². The smallest absolute Gasteiger partial charge is 0.181 e. The maximum Gasteiger partial charge on any atom is 0.181 e. The minimum absolute atomic E-state index is 0.510. The average Bonchev–Trinajstić information content (AvgIpc) is 2.87. The van der Waals surface area contributed by atoms with Crippen molar-refractivity contribution < 1.29 is 0 Å². The molecule has 0 saturated carbocycles. The zero-order valence-corrected chi connectivity index (χ0v) is 12.2. The van der Waals surface area contributed by atoms with E-state index in [0.717, 1.165) is 35.4 Å². The molecule has 5 heteroatoms. The lowest BCUT2D eigenvalue weighted by molar-refractivity contribution is 0.780. The fraction of sp³-hybridized carbons (Fsp3) is 0.267. The number of fused-ring (bicyclic) bond motifs is 1. The molecule has 3 rings (SSSR count). The van der Waals surface area contributed by atoms with Crippen molar-refractivity contribution >= 4 is 17.2 Å². The van der Waals surface area contributed by atoms with Crippen molar-refractivity contribution in [3.63, 3.8) is 0 Å². The Morgan fingerprint density at radius 1 is 1.00 bits per heavy atom. The zero-order chi connectivity index (χ0) is 14.1. The van der Waals surface area contributed by atoms with Gasteiger partial charge in [0, 0.05) is 12.0 Å². The topological polar surface area (TPSA) is 43.1 Å². The lowest BCUT2D eigenvalue weighted by atomic mass is 10.1. The molecule has 0 aliphatic rings. The Bertz CT molecular complexity index is 749. The maximum atomic E-state index is 6.15. The van der Waals surface area contributed by atoms with Crippen LogP contribution in [0.4, 0.5) is 0 Å². The molecule has 2 heterocycles. The van der Waals surface area contributed by atoms with Gasteiger partial charge in [0.05, 0.1) is 0 Å². The fourth-order valence-electron chi connectivity index (χ4n) is 2.19. The summed E-state index contributed by atoms with van der Waals surface area (Å²) in [7, 11) is 0. The third-order valence-corrected chi connectivity index (χ3v) is 3.94. The van der Waals surface area contributed by atoms with Crippen molar-refractivity contribution in [1.82, 2.24) is 19.8 Å². The van der Waals surface area contributed by atoms with Crippen LogP contribution in [0.5, 0.6) is 0 Å². The van der Waals surface area contributed by atoms with Gasteiger partial charge in [0.15, 0.2) is 16.6 Å². The molecule has 1 aromatic carbocycles. The number of hydrogen-bond donors (Lipinski definition) is 0. The van der Waals surface area contributed by atoms with E-state index >= 15 is 0 Å². The summed E-state index contributed by atoms with van der Waals surface area (Å²) in [6.07, 6.45) is 1.70. The summed E-state index contributed by atoms with van der Waals surface area (Å²) in [6.45, 7) is 3.94. The Kier molecular flexibility index (Phi) is 3.40. The molecule has 0 N–H and O–H groups in total. The van der Waals surface area contributed by atoms with Gasteiger partial charge >= 0.3 is 0 Å². The first-order chi connectivity index (χ1) is 9.66. The molecular weight excluding hydrogens is 272 g/mol. The van der Waals surface area contributed by atoms with Crippen LogP contribution < -0.4 is 0 Å². The molecule has 0 radical (unpaired) electrons. The van der Waals surface area contributed by atoms with Crippen molar-refractivity contribution in [3.8, 4) is 0 Å². The predicted octanol–water partition coefficient (Wildman–Crippen LogP) is 3.18. The van der Waals surface area contributed by atoms with Crippen LogP contribution in [-0.4, -0.2) is 19.8 Å². The summed E-state index contributed by atoms with van der Waals surface area (Å²) in [5.74, 6) is 0.842. The predicted molar refractivity (Wildman–Crippen MR) is 79.1 cm³/mol. The molecule has 20 heavy (non-hydrogen) atoms. The second kappa shape index (κ2) is 5.21. The van der Waals surface area contributed by atoms with Crippen LogP contribution in [0, 0.1) is 13.8 Å². The highest BCUT2D eigenvalue weighted by atomic mass is 35.5. The molecule has 0 amide bonds. The number of halogens is 1. The molecule has 0 aliphatic heterocycles. The number of nitrogens with zero attached hydrogens (tertiary/aromatic N) is 4. The number of aryl methyl sites for hydroxylation is 3. The van der Waals surface area contributed by atoms with E-state index in [1.807, 2.05) is 32.0 Å². The second-order valence-electron chi connectivity index (χ2n) is 4.88. The standard InChI is InChI=1S/C15H15ClN4/c1-10-11(2)15-18-17-13(20(15)19-14(10)16)9-8-12-6-4-3-5-7-12/h3-7H,8-9H2,1-2H3. The lowest BCUT2D eigenvalue weighted by Gasteiger charge is -2.05. The van der Waals surface area contributed by atoms with E-state index in [2.05, 4.69) is 27.4 Å². The SMILES string of the molecule is Cc1c(Cl)nn2c(CCc3ccccc3)nnc2c1C.